The highest BCUT2D eigenvalue weighted by molar-refractivity contribution is 8.13. The Hall–Kier alpha value is -2.40. The van der Waals surface area contributed by atoms with E-state index in [0.717, 1.165) is 11.8 Å². The lowest BCUT2D eigenvalue weighted by molar-refractivity contribution is 0.102. The van der Waals surface area contributed by atoms with Crippen LogP contribution in [0.5, 0.6) is 0 Å². The van der Waals surface area contributed by atoms with Crippen LogP contribution >= 0.6 is 11.8 Å². The molecule has 0 aliphatic rings. The smallest absolute Gasteiger partial charge is 0.286 e. The predicted molar refractivity (Wildman–Crippen MR) is 103 cm³/mol. The third-order valence-corrected chi connectivity index (χ3v) is 5.71. The molecule has 2 aromatic carbocycles. The Bertz CT molecular complexity index is 928. The number of para-hydroxylation sites is 1. The summed E-state index contributed by atoms with van der Waals surface area (Å²) in [6.07, 6.45) is 0. The van der Waals surface area contributed by atoms with Gasteiger partial charge < -0.3 is 10.2 Å². The Morgan fingerprint density at radius 3 is 2.26 bits per heavy atom. The van der Waals surface area contributed by atoms with Crippen molar-refractivity contribution in [2.45, 2.75) is 9.79 Å². The van der Waals surface area contributed by atoms with Gasteiger partial charge in [-0.15, -0.1) is 0 Å². The molecule has 0 aliphatic heterocycles. The van der Waals surface area contributed by atoms with Crippen molar-refractivity contribution in [3.63, 3.8) is 0 Å². The summed E-state index contributed by atoms with van der Waals surface area (Å²) in [6.45, 7) is 0. The molecule has 0 saturated heterocycles. The van der Waals surface area contributed by atoms with Crippen molar-refractivity contribution in [2.24, 2.45) is 0 Å². The molecule has 2 rings (SSSR count). The molecule has 144 valence electrons. The Morgan fingerprint density at radius 2 is 1.67 bits per heavy atom. The highest BCUT2D eigenvalue weighted by Gasteiger charge is 2.16. The Labute approximate surface area is 161 Å². The standard InChI is InChI=1S/C17H19N3O5S2/c1-20(2)17(22)26-15-7-5-4-6-14(15)18-16(21)12-8-10-13(11-9-12)27(23,24)19-25-3/h4-11,19H,1-3H3,(H,18,21). The van der Waals surface area contributed by atoms with E-state index in [2.05, 4.69) is 10.2 Å². The fourth-order valence-electron chi connectivity index (χ4n) is 1.98. The summed E-state index contributed by atoms with van der Waals surface area (Å²) in [7, 11) is 0.688. The molecule has 2 aromatic rings. The summed E-state index contributed by atoms with van der Waals surface area (Å²) in [5, 5.41) is 2.56. The van der Waals surface area contributed by atoms with Crippen molar-refractivity contribution in [2.75, 3.05) is 26.5 Å². The molecule has 0 bridgehead atoms. The van der Waals surface area contributed by atoms with E-state index in [1.807, 2.05) is 4.89 Å². The maximum atomic E-state index is 12.5. The number of hydrogen-bond acceptors (Lipinski definition) is 6. The number of anilines is 1. The van der Waals surface area contributed by atoms with Gasteiger partial charge in [-0.2, -0.15) is 0 Å². The van der Waals surface area contributed by atoms with E-state index in [0.29, 0.717) is 10.6 Å². The zero-order valence-corrected chi connectivity index (χ0v) is 16.6. The summed E-state index contributed by atoms with van der Waals surface area (Å²) in [5.41, 5.74) is 0.755. The molecule has 0 unspecified atom stereocenters. The lowest BCUT2D eigenvalue weighted by Gasteiger charge is -2.13. The average molecular weight is 409 g/mol. The zero-order valence-electron chi connectivity index (χ0n) is 14.9. The lowest BCUT2D eigenvalue weighted by Crippen LogP contribution is -2.22. The molecule has 0 heterocycles. The third-order valence-electron chi connectivity index (χ3n) is 3.32. The summed E-state index contributed by atoms with van der Waals surface area (Å²) in [5.74, 6) is -0.427. The molecular formula is C17H19N3O5S2. The third kappa shape index (κ3) is 5.54. The van der Waals surface area contributed by atoms with Crippen LogP contribution in [-0.4, -0.2) is 45.7 Å². The minimum absolute atomic E-state index is 0.0339. The SMILES string of the molecule is CONS(=O)(=O)c1ccc(C(=O)Nc2ccccc2SC(=O)N(C)C)cc1. The van der Waals surface area contributed by atoms with Gasteiger partial charge in [0, 0.05) is 24.6 Å². The first-order valence-electron chi connectivity index (χ1n) is 7.69. The van der Waals surface area contributed by atoms with E-state index >= 15 is 0 Å². The van der Waals surface area contributed by atoms with Gasteiger partial charge in [0.1, 0.15) is 0 Å². The van der Waals surface area contributed by atoms with E-state index in [9.17, 15) is 18.0 Å². The van der Waals surface area contributed by atoms with E-state index in [4.69, 9.17) is 0 Å². The summed E-state index contributed by atoms with van der Waals surface area (Å²) in [4.78, 5) is 32.7. The van der Waals surface area contributed by atoms with Gasteiger partial charge in [0.05, 0.1) is 17.7 Å². The fourth-order valence-corrected chi connectivity index (χ4v) is 3.54. The monoisotopic (exact) mass is 409 g/mol. The number of amides is 2. The molecule has 0 aromatic heterocycles. The molecule has 0 aliphatic carbocycles. The Balaban J connectivity index is 2.17. The quantitative estimate of drug-likeness (QED) is 0.561. The number of carbonyl (C=O) groups is 2. The van der Waals surface area contributed by atoms with E-state index in [1.54, 1.807) is 38.4 Å². The van der Waals surface area contributed by atoms with Crippen LogP contribution in [0.3, 0.4) is 0 Å². The van der Waals surface area contributed by atoms with E-state index in [-0.39, 0.29) is 15.7 Å². The van der Waals surface area contributed by atoms with Crippen molar-refractivity contribution >= 4 is 38.6 Å². The van der Waals surface area contributed by atoms with Crippen LogP contribution in [0.15, 0.2) is 58.3 Å². The maximum Gasteiger partial charge on any atom is 0.286 e. The molecule has 0 atom stereocenters. The molecule has 27 heavy (non-hydrogen) atoms. The first-order chi connectivity index (χ1) is 12.7. The fraction of sp³-hybridized carbons (Fsp3) is 0.176. The van der Waals surface area contributed by atoms with Gasteiger partial charge in [0.15, 0.2) is 0 Å². The molecule has 0 radical (unpaired) electrons. The molecule has 2 amide bonds. The van der Waals surface area contributed by atoms with Crippen molar-refractivity contribution in [1.29, 1.82) is 0 Å². The van der Waals surface area contributed by atoms with Gasteiger partial charge in [-0.25, -0.2) is 8.42 Å². The van der Waals surface area contributed by atoms with Crippen molar-refractivity contribution in [3.8, 4) is 0 Å². The zero-order chi connectivity index (χ0) is 20.0. The lowest BCUT2D eigenvalue weighted by atomic mass is 10.2. The molecule has 8 nitrogen and oxygen atoms in total. The molecule has 0 spiro atoms. The van der Waals surface area contributed by atoms with E-state index in [1.165, 1.54) is 36.3 Å². The first-order valence-corrected chi connectivity index (χ1v) is 9.99. The van der Waals surface area contributed by atoms with Crippen LogP contribution in [0.25, 0.3) is 0 Å². The van der Waals surface area contributed by atoms with Gasteiger partial charge in [0.25, 0.3) is 21.2 Å². The van der Waals surface area contributed by atoms with Crippen molar-refractivity contribution in [3.05, 3.63) is 54.1 Å². The van der Waals surface area contributed by atoms with Gasteiger partial charge in [-0.05, 0) is 48.2 Å². The second kappa shape index (κ2) is 9.00. The normalized spacial score (nSPS) is 11.1. The van der Waals surface area contributed by atoms with Gasteiger partial charge in [-0.1, -0.05) is 17.0 Å². The number of benzene rings is 2. The predicted octanol–water partition coefficient (Wildman–Crippen LogP) is 2.55. The Kier molecular flexibility index (Phi) is 6.97. The van der Waals surface area contributed by atoms with Crippen molar-refractivity contribution < 1.29 is 22.8 Å². The second-order valence-corrected chi connectivity index (χ2v) is 8.17. The maximum absolute atomic E-state index is 12.5. The number of carbonyl (C=O) groups excluding carboxylic acids is 2. The van der Waals surface area contributed by atoms with E-state index < -0.39 is 15.9 Å². The molecular weight excluding hydrogens is 390 g/mol. The van der Waals surface area contributed by atoms with Gasteiger partial charge >= 0.3 is 0 Å². The number of thioether (sulfide) groups is 1. The number of rotatable bonds is 6. The Morgan fingerprint density at radius 1 is 1.04 bits per heavy atom. The second-order valence-electron chi connectivity index (χ2n) is 5.53. The van der Waals surface area contributed by atoms with Crippen LogP contribution in [0, 0.1) is 0 Å². The van der Waals surface area contributed by atoms with Gasteiger partial charge in [0.2, 0.25) is 0 Å². The summed E-state index contributed by atoms with van der Waals surface area (Å²) in [6, 6.07) is 12.3. The van der Waals surface area contributed by atoms with Crippen molar-refractivity contribution in [1.82, 2.24) is 9.79 Å². The number of nitrogens with one attached hydrogen (secondary N) is 2. The number of sulfonamides is 1. The summed E-state index contributed by atoms with van der Waals surface area (Å²) < 4.78 is 23.7. The van der Waals surface area contributed by atoms with Gasteiger partial charge in [-0.3, -0.25) is 14.4 Å². The first kappa shape index (κ1) is 20.9. The largest absolute Gasteiger partial charge is 0.339 e. The van der Waals surface area contributed by atoms with Crippen LogP contribution in [-0.2, 0) is 14.9 Å². The summed E-state index contributed by atoms with van der Waals surface area (Å²) >= 11 is 0.998. The molecule has 0 fully saturated rings. The minimum atomic E-state index is -3.79. The highest BCUT2D eigenvalue weighted by Crippen LogP contribution is 2.29. The molecule has 10 heteroatoms. The number of nitrogens with zero attached hydrogens (tertiary/aromatic N) is 1. The van der Waals surface area contributed by atoms with Crippen LogP contribution in [0.4, 0.5) is 10.5 Å². The minimum Gasteiger partial charge on any atom is -0.339 e. The van der Waals surface area contributed by atoms with Crippen LogP contribution in [0.2, 0.25) is 0 Å². The number of hydrogen-bond donors (Lipinski definition) is 2. The highest BCUT2D eigenvalue weighted by atomic mass is 32.2. The van der Waals surface area contributed by atoms with Crippen LogP contribution < -0.4 is 10.2 Å². The average Bonchev–Trinajstić information content (AvgIpc) is 2.63. The molecule has 0 saturated carbocycles. The van der Waals surface area contributed by atoms with Crippen LogP contribution in [0.1, 0.15) is 10.4 Å². The topological polar surface area (TPSA) is 105 Å². The molecule has 2 N–H and O–H groups in total.